The number of carboxylic acids is 1. The summed E-state index contributed by atoms with van der Waals surface area (Å²) >= 11 is 3.27. The molecule has 74 valence electrons. The predicted octanol–water partition coefficient (Wildman–Crippen LogP) is 2.51. The lowest BCUT2D eigenvalue weighted by molar-refractivity contribution is 0.0696. The zero-order valence-electron chi connectivity index (χ0n) is 7.51. The van der Waals surface area contributed by atoms with E-state index in [9.17, 15) is 4.79 Å². The number of benzene rings is 1. The quantitative estimate of drug-likeness (QED) is 0.811. The molecular formula is C10H10BrNO2. The molecule has 0 spiro atoms. The van der Waals surface area contributed by atoms with E-state index < -0.39 is 5.97 Å². The summed E-state index contributed by atoms with van der Waals surface area (Å²) in [6, 6.07) is 3.59. The van der Waals surface area contributed by atoms with E-state index in [1.54, 1.807) is 6.07 Å². The minimum atomic E-state index is -0.896. The molecule has 1 heterocycles. The van der Waals surface area contributed by atoms with Gasteiger partial charge in [-0.1, -0.05) is 0 Å². The van der Waals surface area contributed by atoms with Gasteiger partial charge in [0.1, 0.15) is 0 Å². The number of fused-ring (bicyclic) bond motifs is 1. The van der Waals surface area contributed by atoms with Gasteiger partial charge in [-0.25, -0.2) is 4.79 Å². The van der Waals surface area contributed by atoms with Crippen LogP contribution in [0.2, 0.25) is 0 Å². The molecule has 1 aromatic carbocycles. The van der Waals surface area contributed by atoms with Gasteiger partial charge in [-0.05, 0) is 46.5 Å². The highest BCUT2D eigenvalue weighted by Crippen LogP contribution is 2.28. The van der Waals surface area contributed by atoms with E-state index in [2.05, 4.69) is 21.2 Å². The largest absolute Gasteiger partial charge is 0.478 e. The zero-order valence-corrected chi connectivity index (χ0v) is 9.10. The normalized spacial score (nSPS) is 14.4. The van der Waals surface area contributed by atoms with Crippen molar-refractivity contribution in [1.29, 1.82) is 0 Å². The van der Waals surface area contributed by atoms with Crippen molar-refractivity contribution in [1.82, 2.24) is 0 Å². The number of nitrogens with one attached hydrogen (secondary N) is 1. The Kier molecular flexibility index (Phi) is 2.46. The molecule has 0 saturated carbocycles. The van der Waals surface area contributed by atoms with Crippen molar-refractivity contribution in [2.24, 2.45) is 0 Å². The first-order valence-electron chi connectivity index (χ1n) is 4.48. The monoisotopic (exact) mass is 255 g/mol. The maximum atomic E-state index is 10.8. The minimum Gasteiger partial charge on any atom is -0.478 e. The summed E-state index contributed by atoms with van der Waals surface area (Å²) in [5.74, 6) is -0.896. The first-order valence-corrected chi connectivity index (χ1v) is 5.27. The van der Waals surface area contributed by atoms with E-state index in [1.807, 2.05) is 6.07 Å². The van der Waals surface area contributed by atoms with Crippen LogP contribution in [0.4, 0.5) is 5.69 Å². The number of aryl methyl sites for hydroxylation is 1. The third-order valence-electron chi connectivity index (χ3n) is 2.36. The van der Waals surface area contributed by atoms with Crippen LogP contribution >= 0.6 is 15.9 Å². The van der Waals surface area contributed by atoms with Gasteiger partial charge >= 0.3 is 5.97 Å². The SMILES string of the molecule is O=C(O)c1cc2c(cc1Br)CCCN2. The second-order valence-electron chi connectivity index (χ2n) is 3.32. The van der Waals surface area contributed by atoms with Crippen LogP contribution < -0.4 is 5.32 Å². The molecule has 0 fully saturated rings. The van der Waals surface area contributed by atoms with Crippen LogP contribution in [0.15, 0.2) is 16.6 Å². The molecule has 2 rings (SSSR count). The van der Waals surface area contributed by atoms with Crippen LogP contribution in [0.3, 0.4) is 0 Å². The summed E-state index contributed by atoms with van der Waals surface area (Å²) in [4.78, 5) is 10.8. The minimum absolute atomic E-state index is 0.318. The van der Waals surface area contributed by atoms with Crippen molar-refractivity contribution in [3.63, 3.8) is 0 Å². The van der Waals surface area contributed by atoms with Crippen molar-refractivity contribution in [3.05, 3.63) is 27.7 Å². The molecule has 14 heavy (non-hydrogen) atoms. The number of anilines is 1. The van der Waals surface area contributed by atoms with Gasteiger partial charge in [0.2, 0.25) is 0 Å². The van der Waals surface area contributed by atoms with Crippen molar-refractivity contribution >= 4 is 27.6 Å². The standard InChI is InChI=1S/C10H10BrNO2/c11-8-4-6-2-1-3-12-9(6)5-7(8)10(13)14/h4-5,12H,1-3H2,(H,13,14). The highest BCUT2D eigenvalue weighted by atomic mass is 79.9. The molecule has 3 nitrogen and oxygen atoms in total. The smallest absolute Gasteiger partial charge is 0.336 e. The molecule has 0 saturated heterocycles. The molecule has 2 N–H and O–H groups in total. The number of aromatic carboxylic acids is 1. The van der Waals surface area contributed by atoms with E-state index in [1.165, 1.54) is 5.56 Å². The van der Waals surface area contributed by atoms with Crippen molar-refractivity contribution in [2.45, 2.75) is 12.8 Å². The van der Waals surface area contributed by atoms with Crippen LogP contribution in [-0.4, -0.2) is 17.6 Å². The number of hydrogen-bond donors (Lipinski definition) is 2. The topological polar surface area (TPSA) is 49.3 Å². The first-order chi connectivity index (χ1) is 6.68. The van der Waals surface area contributed by atoms with Crippen LogP contribution in [0.5, 0.6) is 0 Å². The summed E-state index contributed by atoms with van der Waals surface area (Å²) in [6.07, 6.45) is 2.12. The highest BCUT2D eigenvalue weighted by molar-refractivity contribution is 9.10. The molecule has 1 aromatic rings. The average molecular weight is 256 g/mol. The maximum Gasteiger partial charge on any atom is 0.336 e. The Morgan fingerprint density at radius 3 is 3.00 bits per heavy atom. The molecule has 1 aliphatic rings. The fourth-order valence-corrected chi connectivity index (χ4v) is 2.21. The number of carboxylic acid groups (broad SMARTS) is 1. The lowest BCUT2D eigenvalue weighted by atomic mass is 10.0. The molecule has 4 heteroatoms. The third kappa shape index (κ3) is 1.62. The molecule has 0 bridgehead atoms. The van der Waals surface area contributed by atoms with E-state index in [4.69, 9.17) is 5.11 Å². The molecule has 0 aliphatic carbocycles. The van der Waals surface area contributed by atoms with E-state index >= 15 is 0 Å². The highest BCUT2D eigenvalue weighted by Gasteiger charge is 2.15. The number of halogens is 1. The van der Waals surface area contributed by atoms with Gasteiger partial charge in [-0.15, -0.1) is 0 Å². The van der Waals surface area contributed by atoms with Crippen LogP contribution in [0.25, 0.3) is 0 Å². The fourth-order valence-electron chi connectivity index (χ4n) is 1.65. The van der Waals surface area contributed by atoms with E-state index in [0.29, 0.717) is 10.0 Å². The van der Waals surface area contributed by atoms with Crippen molar-refractivity contribution < 1.29 is 9.90 Å². The second-order valence-corrected chi connectivity index (χ2v) is 4.18. The Hall–Kier alpha value is -1.03. The predicted molar refractivity (Wildman–Crippen MR) is 57.9 cm³/mol. The van der Waals surface area contributed by atoms with Gasteiger partial charge in [-0.3, -0.25) is 0 Å². The number of rotatable bonds is 1. The van der Waals surface area contributed by atoms with Crippen molar-refractivity contribution in [2.75, 3.05) is 11.9 Å². The van der Waals surface area contributed by atoms with Crippen LogP contribution in [-0.2, 0) is 6.42 Å². The summed E-state index contributed by atoms with van der Waals surface area (Å²) in [6.45, 7) is 0.924. The Labute approximate surface area is 90.3 Å². The Morgan fingerprint density at radius 2 is 2.29 bits per heavy atom. The fraction of sp³-hybridized carbons (Fsp3) is 0.300. The average Bonchev–Trinajstić information content (AvgIpc) is 2.16. The lowest BCUT2D eigenvalue weighted by Crippen LogP contribution is -2.13. The molecular weight excluding hydrogens is 246 g/mol. The molecule has 1 aliphatic heterocycles. The first kappa shape index (κ1) is 9.52. The van der Waals surface area contributed by atoms with Gasteiger partial charge in [0.05, 0.1) is 5.56 Å². The molecule has 0 aromatic heterocycles. The lowest BCUT2D eigenvalue weighted by Gasteiger charge is -2.18. The van der Waals surface area contributed by atoms with Crippen LogP contribution in [0, 0.1) is 0 Å². The van der Waals surface area contributed by atoms with Gasteiger partial charge in [0.15, 0.2) is 0 Å². The summed E-state index contributed by atoms with van der Waals surface area (Å²) in [5, 5.41) is 12.1. The van der Waals surface area contributed by atoms with E-state index in [-0.39, 0.29) is 0 Å². The molecule has 0 unspecified atom stereocenters. The van der Waals surface area contributed by atoms with Crippen LogP contribution in [0.1, 0.15) is 22.3 Å². The Bertz CT molecular complexity index is 390. The second kappa shape index (κ2) is 3.61. The Morgan fingerprint density at radius 1 is 1.50 bits per heavy atom. The van der Waals surface area contributed by atoms with Gasteiger partial charge in [0.25, 0.3) is 0 Å². The molecule has 0 amide bonds. The van der Waals surface area contributed by atoms with Crippen molar-refractivity contribution in [3.8, 4) is 0 Å². The maximum absolute atomic E-state index is 10.8. The summed E-state index contributed by atoms with van der Waals surface area (Å²) in [7, 11) is 0. The van der Waals surface area contributed by atoms with Gasteiger partial charge < -0.3 is 10.4 Å². The third-order valence-corrected chi connectivity index (χ3v) is 3.02. The molecule has 0 radical (unpaired) electrons. The van der Waals surface area contributed by atoms with Gasteiger partial charge in [0, 0.05) is 16.7 Å². The summed E-state index contributed by atoms with van der Waals surface area (Å²) < 4.78 is 0.660. The molecule has 0 atom stereocenters. The zero-order chi connectivity index (χ0) is 10.1. The van der Waals surface area contributed by atoms with Gasteiger partial charge in [-0.2, -0.15) is 0 Å². The Balaban J connectivity index is 2.50. The van der Waals surface area contributed by atoms with E-state index in [0.717, 1.165) is 25.1 Å². The summed E-state index contributed by atoms with van der Waals surface area (Å²) in [5.41, 5.74) is 2.46. The number of carbonyl (C=O) groups is 1. The number of hydrogen-bond acceptors (Lipinski definition) is 2.